The predicted molar refractivity (Wildman–Crippen MR) is 59.7 cm³/mol. The molecule has 0 aliphatic rings. The Labute approximate surface area is 93.4 Å². The number of anilines is 1. The van der Waals surface area contributed by atoms with Gasteiger partial charge in [0.1, 0.15) is 0 Å². The van der Waals surface area contributed by atoms with Crippen LogP contribution in [0.2, 0.25) is 10.0 Å². The molecule has 1 aromatic rings. The Morgan fingerprint density at radius 1 is 1.36 bits per heavy atom. The fourth-order valence-corrected chi connectivity index (χ4v) is 1.50. The van der Waals surface area contributed by atoms with E-state index in [1.165, 1.54) is 0 Å². The second kappa shape index (κ2) is 5.09. The summed E-state index contributed by atoms with van der Waals surface area (Å²) in [6.07, 6.45) is 0. The van der Waals surface area contributed by atoms with E-state index >= 15 is 0 Å². The Kier molecular flexibility index (Phi) is 4.06. The van der Waals surface area contributed by atoms with Crippen LogP contribution in [0, 0.1) is 17.2 Å². The number of nitrogens with zero attached hydrogens (tertiary/aromatic N) is 1. The molecule has 1 N–H and O–H groups in total. The molecule has 0 bridgehead atoms. The van der Waals surface area contributed by atoms with Gasteiger partial charge in [-0.25, -0.2) is 0 Å². The van der Waals surface area contributed by atoms with E-state index < -0.39 is 0 Å². The van der Waals surface area contributed by atoms with Gasteiger partial charge in [0.15, 0.2) is 0 Å². The normalized spacial score (nSPS) is 11.9. The first kappa shape index (κ1) is 11.2. The summed E-state index contributed by atoms with van der Waals surface area (Å²) in [5, 5.41) is 12.8. The number of benzene rings is 1. The number of nitrogens with one attached hydrogen (secondary N) is 1. The Morgan fingerprint density at radius 2 is 1.93 bits per heavy atom. The molecule has 0 fully saturated rings. The molecule has 0 amide bonds. The molecular weight excluding hydrogens is 219 g/mol. The monoisotopic (exact) mass is 228 g/mol. The van der Waals surface area contributed by atoms with Crippen molar-refractivity contribution in [1.82, 2.24) is 0 Å². The van der Waals surface area contributed by atoms with Crippen molar-refractivity contribution in [3.63, 3.8) is 0 Å². The molecule has 0 radical (unpaired) electrons. The molecular formula is C10H10Cl2N2. The quantitative estimate of drug-likeness (QED) is 0.859. The van der Waals surface area contributed by atoms with Gasteiger partial charge in [0, 0.05) is 22.3 Å². The van der Waals surface area contributed by atoms with Crippen LogP contribution in [0.4, 0.5) is 5.69 Å². The molecule has 0 heterocycles. The van der Waals surface area contributed by atoms with Crippen molar-refractivity contribution >= 4 is 28.9 Å². The minimum absolute atomic E-state index is 0.0345. The van der Waals surface area contributed by atoms with Crippen molar-refractivity contribution in [1.29, 1.82) is 5.26 Å². The van der Waals surface area contributed by atoms with Crippen LogP contribution in [-0.4, -0.2) is 6.54 Å². The van der Waals surface area contributed by atoms with E-state index in [1.54, 1.807) is 18.2 Å². The zero-order valence-electron chi connectivity index (χ0n) is 7.72. The summed E-state index contributed by atoms with van der Waals surface area (Å²) >= 11 is 11.6. The lowest BCUT2D eigenvalue weighted by molar-refractivity contribution is 0.786. The number of hydrogen-bond acceptors (Lipinski definition) is 2. The zero-order chi connectivity index (χ0) is 10.6. The highest BCUT2D eigenvalue weighted by Crippen LogP contribution is 2.22. The Hall–Kier alpha value is -0.910. The molecule has 0 aliphatic heterocycles. The van der Waals surface area contributed by atoms with Gasteiger partial charge in [0.25, 0.3) is 0 Å². The van der Waals surface area contributed by atoms with Gasteiger partial charge in [0.05, 0.1) is 12.0 Å². The fraction of sp³-hybridized carbons (Fsp3) is 0.300. The summed E-state index contributed by atoms with van der Waals surface area (Å²) < 4.78 is 0. The topological polar surface area (TPSA) is 35.8 Å². The molecule has 4 heteroatoms. The third-order valence-electron chi connectivity index (χ3n) is 1.70. The van der Waals surface area contributed by atoms with Gasteiger partial charge in [-0.1, -0.05) is 23.2 Å². The summed E-state index contributed by atoms with van der Waals surface area (Å²) in [6, 6.07) is 7.36. The first-order valence-corrected chi connectivity index (χ1v) is 4.97. The molecule has 1 aromatic carbocycles. The van der Waals surface area contributed by atoms with Crippen LogP contribution in [0.25, 0.3) is 0 Å². The largest absolute Gasteiger partial charge is 0.384 e. The molecule has 0 aromatic heterocycles. The van der Waals surface area contributed by atoms with Crippen LogP contribution in [0.5, 0.6) is 0 Å². The first-order valence-electron chi connectivity index (χ1n) is 4.21. The molecule has 2 nitrogen and oxygen atoms in total. The standard InChI is InChI=1S/C10H10Cl2N2/c1-7(5-13)6-14-10-3-8(11)2-9(12)4-10/h2-4,7,14H,6H2,1H3. The minimum Gasteiger partial charge on any atom is -0.384 e. The summed E-state index contributed by atoms with van der Waals surface area (Å²) in [4.78, 5) is 0. The molecule has 74 valence electrons. The lowest BCUT2D eigenvalue weighted by Gasteiger charge is -2.08. The molecule has 0 spiro atoms. The van der Waals surface area contributed by atoms with E-state index in [0.717, 1.165) is 5.69 Å². The maximum atomic E-state index is 8.58. The minimum atomic E-state index is -0.0345. The number of halogens is 2. The first-order chi connectivity index (χ1) is 6.61. The Bertz CT molecular complexity index is 337. The summed E-state index contributed by atoms with van der Waals surface area (Å²) in [6.45, 7) is 2.44. The average molecular weight is 229 g/mol. The van der Waals surface area contributed by atoms with Crippen molar-refractivity contribution in [2.24, 2.45) is 5.92 Å². The van der Waals surface area contributed by atoms with Crippen molar-refractivity contribution < 1.29 is 0 Å². The lowest BCUT2D eigenvalue weighted by Crippen LogP contribution is -2.09. The van der Waals surface area contributed by atoms with Crippen LogP contribution in [-0.2, 0) is 0 Å². The predicted octanol–water partition coefficient (Wildman–Crippen LogP) is 3.56. The maximum Gasteiger partial charge on any atom is 0.0671 e. The third kappa shape index (κ3) is 3.45. The second-order valence-corrected chi connectivity index (χ2v) is 3.94. The van der Waals surface area contributed by atoms with Gasteiger partial charge in [-0.3, -0.25) is 0 Å². The molecule has 1 rings (SSSR count). The Morgan fingerprint density at radius 3 is 2.43 bits per heavy atom. The average Bonchev–Trinajstić information content (AvgIpc) is 2.12. The summed E-state index contributed by atoms with van der Waals surface area (Å²) in [7, 11) is 0. The zero-order valence-corrected chi connectivity index (χ0v) is 9.23. The Balaban J connectivity index is 2.64. The number of rotatable bonds is 3. The highest BCUT2D eigenvalue weighted by atomic mass is 35.5. The van der Waals surface area contributed by atoms with Crippen LogP contribution in [0.15, 0.2) is 18.2 Å². The maximum absolute atomic E-state index is 8.58. The lowest BCUT2D eigenvalue weighted by atomic mass is 10.2. The molecule has 1 unspecified atom stereocenters. The summed E-state index contributed by atoms with van der Waals surface area (Å²) in [5.74, 6) is -0.0345. The van der Waals surface area contributed by atoms with E-state index in [9.17, 15) is 0 Å². The van der Waals surface area contributed by atoms with Gasteiger partial charge in [-0.05, 0) is 25.1 Å². The van der Waals surface area contributed by atoms with Crippen molar-refractivity contribution in [3.05, 3.63) is 28.2 Å². The van der Waals surface area contributed by atoms with Gasteiger partial charge < -0.3 is 5.32 Å². The number of nitriles is 1. The fourth-order valence-electron chi connectivity index (χ4n) is 0.972. The smallest absolute Gasteiger partial charge is 0.0671 e. The SMILES string of the molecule is CC(C#N)CNc1cc(Cl)cc(Cl)c1. The van der Waals surface area contributed by atoms with E-state index in [4.69, 9.17) is 28.5 Å². The molecule has 0 saturated carbocycles. The molecule has 1 atom stereocenters. The highest BCUT2D eigenvalue weighted by molar-refractivity contribution is 6.35. The van der Waals surface area contributed by atoms with Gasteiger partial charge in [-0.15, -0.1) is 0 Å². The summed E-state index contributed by atoms with van der Waals surface area (Å²) in [5.41, 5.74) is 0.838. The molecule has 0 aliphatic carbocycles. The van der Waals surface area contributed by atoms with Gasteiger partial charge in [0.2, 0.25) is 0 Å². The van der Waals surface area contributed by atoms with Crippen molar-refractivity contribution in [2.45, 2.75) is 6.92 Å². The van der Waals surface area contributed by atoms with Gasteiger partial charge >= 0.3 is 0 Å². The van der Waals surface area contributed by atoms with Crippen molar-refractivity contribution in [3.8, 4) is 6.07 Å². The number of hydrogen-bond donors (Lipinski definition) is 1. The van der Waals surface area contributed by atoms with E-state index in [2.05, 4.69) is 11.4 Å². The highest BCUT2D eigenvalue weighted by Gasteiger charge is 2.01. The third-order valence-corrected chi connectivity index (χ3v) is 2.13. The van der Waals surface area contributed by atoms with Gasteiger partial charge in [-0.2, -0.15) is 5.26 Å². The van der Waals surface area contributed by atoms with Crippen LogP contribution < -0.4 is 5.32 Å². The molecule has 14 heavy (non-hydrogen) atoms. The van der Waals surface area contributed by atoms with E-state index in [-0.39, 0.29) is 5.92 Å². The van der Waals surface area contributed by atoms with Crippen LogP contribution in [0.1, 0.15) is 6.92 Å². The van der Waals surface area contributed by atoms with Crippen LogP contribution in [0.3, 0.4) is 0 Å². The molecule has 0 saturated heterocycles. The second-order valence-electron chi connectivity index (χ2n) is 3.07. The van der Waals surface area contributed by atoms with Crippen LogP contribution >= 0.6 is 23.2 Å². The van der Waals surface area contributed by atoms with Crippen molar-refractivity contribution in [2.75, 3.05) is 11.9 Å². The van der Waals surface area contributed by atoms with E-state index in [1.807, 2.05) is 6.92 Å². The van der Waals surface area contributed by atoms with E-state index in [0.29, 0.717) is 16.6 Å².